The number of benzene rings is 2. The van der Waals surface area contributed by atoms with Gasteiger partial charge in [-0.25, -0.2) is 9.18 Å². The maximum absolute atomic E-state index is 13.1. The topological polar surface area (TPSA) is 26.3 Å². The maximum atomic E-state index is 13.1. The van der Waals surface area contributed by atoms with Crippen molar-refractivity contribution in [2.75, 3.05) is 0 Å². The van der Waals surface area contributed by atoms with Gasteiger partial charge in [0.25, 0.3) is 0 Å². The highest BCUT2D eigenvalue weighted by atomic mass is 19.1. The number of hydrogen-bond donors (Lipinski definition) is 0. The Labute approximate surface area is 168 Å². The molecule has 2 aromatic carbocycles. The first-order valence-electron chi connectivity index (χ1n) is 10.7. The Bertz CT molecular complexity index is 728. The van der Waals surface area contributed by atoms with Crippen molar-refractivity contribution in [1.29, 1.82) is 0 Å². The fraction of sp³-hybridized carbons (Fsp3) is 0.480. The summed E-state index contributed by atoms with van der Waals surface area (Å²) in [6.45, 7) is 2.25. The van der Waals surface area contributed by atoms with Crippen molar-refractivity contribution in [1.82, 2.24) is 0 Å². The highest BCUT2D eigenvalue weighted by Gasteiger charge is 2.24. The minimum absolute atomic E-state index is 0.0520. The van der Waals surface area contributed by atoms with Crippen molar-refractivity contribution in [3.63, 3.8) is 0 Å². The summed E-state index contributed by atoms with van der Waals surface area (Å²) in [5, 5.41) is 0. The van der Waals surface area contributed by atoms with Crippen LogP contribution >= 0.6 is 0 Å². The second kappa shape index (κ2) is 10.4. The van der Waals surface area contributed by atoms with E-state index >= 15 is 0 Å². The Kier molecular flexibility index (Phi) is 7.64. The minimum Gasteiger partial charge on any atom is -0.459 e. The smallest absolute Gasteiger partial charge is 0.338 e. The van der Waals surface area contributed by atoms with Gasteiger partial charge >= 0.3 is 5.97 Å². The second-order valence-electron chi connectivity index (χ2n) is 7.98. The Hall–Kier alpha value is -2.16. The number of carbonyl (C=O) groups excluding carboxylic acids is 1. The Morgan fingerprint density at radius 1 is 0.893 bits per heavy atom. The van der Waals surface area contributed by atoms with Crippen LogP contribution in [-0.4, -0.2) is 12.1 Å². The van der Waals surface area contributed by atoms with Gasteiger partial charge in [-0.15, -0.1) is 0 Å². The zero-order valence-electron chi connectivity index (χ0n) is 16.8. The first-order chi connectivity index (χ1) is 13.7. The SMILES string of the molecule is CCCCCCC1CCC(OC(=O)c2ccc(-c3ccc(F)cc3)cc2)CC1. The van der Waals surface area contributed by atoms with Crippen molar-refractivity contribution in [3.05, 3.63) is 59.9 Å². The van der Waals surface area contributed by atoms with Crippen LogP contribution in [0.2, 0.25) is 0 Å². The van der Waals surface area contributed by atoms with Gasteiger partial charge in [-0.05, 0) is 67.0 Å². The molecule has 0 N–H and O–H groups in total. The van der Waals surface area contributed by atoms with Crippen LogP contribution in [0.3, 0.4) is 0 Å². The molecule has 0 atom stereocenters. The van der Waals surface area contributed by atoms with E-state index in [-0.39, 0.29) is 17.9 Å². The lowest BCUT2D eigenvalue weighted by atomic mass is 9.84. The number of hydrogen-bond acceptors (Lipinski definition) is 2. The predicted molar refractivity (Wildman–Crippen MR) is 112 cm³/mol. The third kappa shape index (κ3) is 5.92. The van der Waals surface area contributed by atoms with Crippen LogP contribution in [0, 0.1) is 11.7 Å². The van der Waals surface area contributed by atoms with Crippen LogP contribution in [-0.2, 0) is 4.74 Å². The summed E-state index contributed by atoms with van der Waals surface area (Å²) in [5.74, 6) is 0.318. The monoisotopic (exact) mass is 382 g/mol. The van der Waals surface area contributed by atoms with Crippen LogP contribution in [0.5, 0.6) is 0 Å². The van der Waals surface area contributed by atoms with Crippen LogP contribution in [0.1, 0.15) is 75.1 Å². The first-order valence-corrected chi connectivity index (χ1v) is 10.7. The molecule has 2 aromatic rings. The van der Waals surface area contributed by atoms with E-state index in [1.165, 1.54) is 57.1 Å². The third-order valence-electron chi connectivity index (χ3n) is 5.83. The molecule has 2 nitrogen and oxygen atoms in total. The summed E-state index contributed by atoms with van der Waals surface area (Å²) in [4.78, 5) is 12.5. The largest absolute Gasteiger partial charge is 0.459 e. The Balaban J connectivity index is 1.45. The van der Waals surface area contributed by atoms with Gasteiger partial charge in [-0.2, -0.15) is 0 Å². The van der Waals surface area contributed by atoms with Crippen LogP contribution in [0.4, 0.5) is 4.39 Å². The first kappa shape index (κ1) is 20.6. The van der Waals surface area contributed by atoms with Crippen LogP contribution in [0.15, 0.2) is 48.5 Å². The van der Waals surface area contributed by atoms with E-state index in [0.29, 0.717) is 5.56 Å². The lowest BCUT2D eigenvalue weighted by Gasteiger charge is -2.28. The molecule has 0 radical (unpaired) electrons. The van der Waals surface area contributed by atoms with E-state index < -0.39 is 0 Å². The van der Waals surface area contributed by atoms with Crippen molar-refractivity contribution < 1.29 is 13.9 Å². The third-order valence-corrected chi connectivity index (χ3v) is 5.83. The van der Waals surface area contributed by atoms with Crippen molar-refractivity contribution in [3.8, 4) is 11.1 Å². The molecule has 3 heteroatoms. The zero-order valence-corrected chi connectivity index (χ0v) is 16.8. The zero-order chi connectivity index (χ0) is 19.8. The fourth-order valence-electron chi connectivity index (χ4n) is 4.06. The number of unbranched alkanes of at least 4 members (excludes halogenated alkanes) is 3. The van der Waals surface area contributed by atoms with E-state index in [1.54, 1.807) is 24.3 Å². The van der Waals surface area contributed by atoms with E-state index in [0.717, 1.165) is 29.9 Å². The fourth-order valence-corrected chi connectivity index (χ4v) is 4.06. The molecule has 0 unspecified atom stereocenters. The van der Waals surface area contributed by atoms with Gasteiger partial charge in [-0.3, -0.25) is 0 Å². The summed E-state index contributed by atoms with van der Waals surface area (Å²) < 4.78 is 18.8. The average Bonchev–Trinajstić information content (AvgIpc) is 2.73. The molecule has 1 fully saturated rings. The minimum atomic E-state index is -0.250. The molecule has 0 amide bonds. The number of carbonyl (C=O) groups is 1. The molecule has 0 heterocycles. The normalized spacial score (nSPS) is 19.4. The molecule has 0 aliphatic heterocycles. The molecular formula is C25H31FO2. The average molecular weight is 383 g/mol. The lowest BCUT2D eigenvalue weighted by molar-refractivity contribution is 0.0161. The number of ether oxygens (including phenoxy) is 1. The second-order valence-corrected chi connectivity index (χ2v) is 7.98. The Morgan fingerprint density at radius 3 is 2.11 bits per heavy atom. The summed E-state index contributed by atoms with van der Waals surface area (Å²) in [6.07, 6.45) is 11.0. The molecule has 0 saturated heterocycles. The van der Waals surface area contributed by atoms with Crippen LogP contribution < -0.4 is 0 Å². The van der Waals surface area contributed by atoms with E-state index in [4.69, 9.17) is 4.74 Å². The number of esters is 1. The molecule has 0 bridgehead atoms. The molecule has 1 aliphatic carbocycles. The molecule has 3 rings (SSSR count). The van der Waals surface area contributed by atoms with Crippen LogP contribution in [0.25, 0.3) is 11.1 Å². The van der Waals surface area contributed by atoms with E-state index in [1.807, 2.05) is 12.1 Å². The van der Waals surface area contributed by atoms with Gasteiger partial charge in [0.2, 0.25) is 0 Å². The molecule has 0 aromatic heterocycles. The van der Waals surface area contributed by atoms with Gasteiger partial charge in [0.1, 0.15) is 11.9 Å². The molecular weight excluding hydrogens is 351 g/mol. The van der Waals surface area contributed by atoms with Gasteiger partial charge in [-0.1, -0.05) is 63.3 Å². The molecule has 150 valence electrons. The number of rotatable bonds is 8. The van der Waals surface area contributed by atoms with Gasteiger partial charge < -0.3 is 4.74 Å². The number of halogens is 1. The van der Waals surface area contributed by atoms with Crippen molar-refractivity contribution >= 4 is 5.97 Å². The Morgan fingerprint density at radius 2 is 1.50 bits per heavy atom. The molecule has 0 spiro atoms. The lowest BCUT2D eigenvalue weighted by Crippen LogP contribution is -2.24. The van der Waals surface area contributed by atoms with Crippen molar-refractivity contribution in [2.45, 2.75) is 70.8 Å². The van der Waals surface area contributed by atoms with E-state index in [2.05, 4.69) is 6.92 Å². The molecule has 1 aliphatic rings. The highest BCUT2D eigenvalue weighted by Crippen LogP contribution is 2.30. The van der Waals surface area contributed by atoms with Crippen molar-refractivity contribution in [2.24, 2.45) is 5.92 Å². The predicted octanol–water partition coefficient (Wildman–Crippen LogP) is 7.18. The van der Waals surface area contributed by atoms with E-state index in [9.17, 15) is 9.18 Å². The standard InChI is InChI=1S/C25H31FO2/c1-2-3-4-5-6-19-7-17-24(18-8-19)28-25(27)22-11-9-20(10-12-22)21-13-15-23(26)16-14-21/h9-16,19,24H,2-8,17-18H2,1H3. The summed E-state index contributed by atoms with van der Waals surface area (Å²) in [6, 6.07) is 13.7. The molecule has 1 saturated carbocycles. The maximum Gasteiger partial charge on any atom is 0.338 e. The summed E-state index contributed by atoms with van der Waals surface area (Å²) >= 11 is 0. The van der Waals surface area contributed by atoms with Gasteiger partial charge in [0, 0.05) is 0 Å². The summed E-state index contributed by atoms with van der Waals surface area (Å²) in [7, 11) is 0. The highest BCUT2D eigenvalue weighted by molar-refractivity contribution is 5.90. The molecule has 28 heavy (non-hydrogen) atoms. The van der Waals surface area contributed by atoms with Gasteiger partial charge in [0.15, 0.2) is 0 Å². The van der Waals surface area contributed by atoms with Gasteiger partial charge in [0.05, 0.1) is 5.56 Å². The summed E-state index contributed by atoms with van der Waals surface area (Å²) in [5.41, 5.74) is 2.46. The quantitative estimate of drug-likeness (QED) is 0.357.